The second-order valence-corrected chi connectivity index (χ2v) is 3.88. The molecule has 0 saturated carbocycles. The first-order valence-electron chi connectivity index (χ1n) is 5.38. The lowest BCUT2D eigenvalue weighted by atomic mass is 9.98. The van der Waals surface area contributed by atoms with Crippen LogP contribution in [-0.2, 0) is 0 Å². The van der Waals surface area contributed by atoms with Crippen molar-refractivity contribution in [1.82, 2.24) is 0 Å². The number of benzene rings is 1. The highest BCUT2D eigenvalue weighted by molar-refractivity contribution is 5.67. The normalized spacial score (nSPS) is 11.4. The average Bonchev–Trinajstić information content (AvgIpc) is 2.19. The summed E-state index contributed by atoms with van der Waals surface area (Å²) in [6, 6.07) is 4.31. The second-order valence-electron chi connectivity index (χ2n) is 3.88. The van der Waals surface area contributed by atoms with Crippen LogP contribution in [0.2, 0.25) is 0 Å². The van der Waals surface area contributed by atoms with Gasteiger partial charge < -0.3 is 4.74 Å². The maximum atomic E-state index is 12.1. The summed E-state index contributed by atoms with van der Waals surface area (Å²) < 4.78 is 40.1. The van der Waals surface area contributed by atoms with Gasteiger partial charge in [-0.2, -0.15) is 0 Å². The van der Waals surface area contributed by atoms with Crippen LogP contribution in [0.5, 0.6) is 5.75 Å². The van der Waals surface area contributed by atoms with E-state index in [9.17, 15) is 13.2 Å². The van der Waals surface area contributed by atoms with Crippen LogP contribution in [0.3, 0.4) is 0 Å². The number of hydrogen-bond donors (Lipinski definition) is 0. The maximum absolute atomic E-state index is 12.1. The van der Waals surface area contributed by atoms with E-state index in [0.717, 1.165) is 29.5 Å². The standard InChI is InChI=1S/C13H15F3O/c1-4-5-9(2)12-8-11(7-6-10(12)3)17-13(14,15)16/h6-8H,2,4-5H2,1,3H3. The largest absolute Gasteiger partial charge is 0.573 e. The summed E-state index contributed by atoms with van der Waals surface area (Å²) in [5, 5.41) is 0. The molecule has 0 amide bonds. The SMILES string of the molecule is C=C(CCC)c1cc(OC(F)(F)F)ccc1C. The van der Waals surface area contributed by atoms with Gasteiger partial charge in [-0.25, -0.2) is 0 Å². The quantitative estimate of drug-likeness (QED) is 0.745. The number of hydrogen-bond acceptors (Lipinski definition) is 1. The third-order valence-electron chi connectivity index (χ3n) is 2.38. The van der Waals surface area contributed by atoms with Crippen molar-refractivity contribution in [3.8, 4) is 5.75 Å². The van der Waals surface area contributed by atoms with Gasteiger partial charge in [0.15, 0.2) is 0 Å². The van der Waals surface area contributed by atoms with Crippen molar-refractivity contribution in [3.05, 3.63) is 35.9 Å². The predicted molar refractivity (Wildman–Crippen MR) is 61.8 cm³/mol. The Morgan fingerprint density at radius 1 is 1.35 bits per heavy atom. The van der Waals surface area contributed by atoms with E-state index in [-0.39, 0.29) is 5.75 Å². The molecule has 0 aromatic heterocycles. The van der Waals surface area contributed by atoms with Gasteiger partial charge in [0, 0.05) is 0 Å². The van der Waals surface area contributed by atoms with Crippen LogP contribution in [0.4, 0.5) is 13.2 Å². The lowest BCUT2D eigenvalue weighted by molar-refractivity contribution is -0.274. The van der Waals surface area contributed by atoms with Crippen molar-refractivity contribution in [1.29, 1.82) is 0 Å². The summed E-state index contributed by atoms with van der Waals surface area (Å²) in [5.74, 6) is -0.199. The predicted octanol–water partition coefficient (Wildman–Crippen LogP) is 4.71. The molecule has 1 rings (SSSR count). The summed E-state index contributed by atoms with van der Waals surface area (Å²) in [6.07, 6.45) is -2.99. The zero-order valence-corrected chi connectivity index (χ0v) is 9.90. The molecule has 0 radical (unpaired) electrons. The number of alkyl halides is 3. The molecular weight excluding hydrogens is 229 g/mol. The Hall–Kier alpha value is -1.45. The third kappa shape index (κ3) is 4.13. The molecule has 17 heavy (non-hydrogen) atoms. The molecule has 0 aliphatic carbocycles. The molecule has 1 aromatic rings. The molecule has 94 valence electrons. The summed E-state index contributed by atoms with van der Waals surface area (Å²) >= 11 is 0. The van der Waals surface area contributed by atoms with Crippen molar-refractivity contribution >= 4 is 5.57 Å². The van der Waals surface area contributed by atoms with E-state index in [1.807, 2.05) is 13.8 Å². The first-order valence-corrected chi connectivity index (χ1v) is 5.38. The van der Waals surface area contributed by atoms with E-state index in [0.29, 0.717) is 0 Å². The van der Waals surface area contributed by atoms with Crippen LogP contribution in [0.15, 0.2) is 24.8 Å². The van der Waals surface area contributed by atoms with Crippen molar-refractivity contribution < 1.29 is 17.9 Å². The lowest BCUT2D eigenvalue weighted by Crippen LogP contribution is -2.17. The molecule has 0 unspecified atom stereocenters. The van der Waals surface area contributed by atoms with Gasteiger partial charge in [-0.05, 0) is 42.2 Å². The van der Waals surface area contributed by atoms with E-state index in [2.05, 4.69) is 11.3 Å². The molecule has 1 aromatic carbocycles. The monoisotopic (exact) mass is 244 g/mol. The minimum absolute atomic E-state index is 0.199. The molecule has 0 fully saturated rings. The fourth-order valence-corrected chi connectivity index (χ4v) is 1.62. The van der Waals surface area contributed by atoms with E-state index < -0.39 is 6.36 Å². The van der Waals surface area contributed by atoms with E-state index in [4.69, 9.17) is 0 Å². The van der Waals surface area contributed by atoms with Gasteiger partial charge in [0.1, 0.15) is 5.75 Å². The lowest BCUT2D eigenvalue weighted by Gasteiger charge is -2.13. The molecule has 0 spiro atoms. The van der Waals surface area contributed by atoms with Gasteiger partial charge in [0.25, 0.3) is 0 Å². The van der Waals surface area contributed by atoms with Crippen molar-refractivity contribution in [2.45, 2.75) is 33.1 Å². The molecule has 0 saturated heterocycles. The second kappa shape index (κ2) is 5.25. The first kappa shape index (κ1) is 13.6. The summed E-state index contributed by atoms with van der Waals surface area (Å²) in [4.78, 5) is 0. The molecule has 0 bridgehead atoms. The van der Waals surface area contributed by atoms with E-state index in [1.165, 1.54) is 12.1 Å². The minimum atomic E-state index is -4.65. The average molecular weight is 244 g/mol. The van der Waals surface area contributed by atoms with Gasteiger partial charge in [-0.15, -0.1) is 13.2 Å². The Balaban J connectivity index is 2.98. The molecule has 1 nitrogen and oxygen atoms in total. The Bertz CT molecular complexity index is 408. The number of allylic oxidation sites excluding steroid dienone is 1. The highest BCUT2D eigenvalue weighted by Crippen LogP contribution is 2.29. The molecular formula is C13H15F3O. The number of aryl methyl sites for hydroxylation is 1. The molecule has 0 atom stereocenters. The Morgan fingerprint density at radius 2 is 2.00 bits per heavy atom. The number of rotatable bonds is 4. The van der Waals surface area contributed by atoms with Gasteiger partial charge in [0.05, 0.1) is 0 Å². The fourth-order valence-electron chi connectivity index (χ4n) is 1.62. The summed E-state index contributed by atoms with van der Waals surface area (Å²) in [7, 11) is 0. The van der Waals surface area contributed by atoms with Crippen LogP contribution in [-0.4, -0.2) is 6.36 Å². The van der Waals surface area contributed by atoms with Gasteiger partial charge in [-0.1, -0.05) is 26.0 Å². The van der Waals surface area contributed by atoms with Gasteiger partial charge in [-0.3, -0.25) is 0 Å². The topological polar surface area (TPSA) is 9.23 Å². The maximum Gasteiger partial charge on any atom is 0.573 e. The molecule has 0 aliphatic rings. The zero-order chi connectivity index (χ0) is 13.1. The van der Waals surface area contributed by atoms with Gasteiger partial charge in [0.2, 0.25) is 0 Å². The molecule has 4 heteroatoms. The van der Waals surface area contributed by atoms with Crippen molar-refractivity contribution in [2.75, 3.05) is 0 Å². The van der Waals surface area contributed by atoms with Crippen molar-refractivity contribution in [3.63, 3.8) is 0 Å². The van der Waals surface area contributed by atoms with Crippen molar-refractivity contribution in [2.24, 2.45) is 0 Å². The minimum Gasteiger partial charge on any atom is -0.406 e. The Labute approximate surface area is 98.9 Å². The van der Waals surface area contributed by atoms with E-state index >= 15 is 0 Å². The molecule has 0 heterocycles. The number of halogens is 3. The van der Waals surface area contributed by atoms with Gasteiger partial charge >= 0.3 is 6.36 Å². The third-order valence-corrected chi connectivity index (χ3v) is 2.38. The van der Waals surface area contributed by atoms with Crippen LogP contribution in [0, 0.1) is 6.92 Å². The fraction of sp³-hybridized carbons (Fsp3) is 0.385. The summed E-state index contributed by atoms with van der Waals surface area (Å²) in [6.45, 7) is 7.71. The highest BCUT2D eigenvalue weighted by atomic mass is 19.4. The Morgan fingerprint density at radius 3 is 2.53 bits per heavy atom. The number of ether oxygens (including phenoxy) is 1. The summed E-state index contributed by atoms with van der Waals surface area (Å²) in [5.41, 5.74) is 2.46. The molecule has 0 aliphatic heterocycles. The highest BCUT2D eigenvalue weighted by Gasteiger charge is 2.31. The smallest absolute Gasteiger partial charge is 0.406 e. The Kier molecular flexibility index (Phi) is 4.21. The van der Waals surface area contributed by atoms with Crippen LogP contribution < -0.4 is 4.74 Å². The zero-order valence-electron chi connectivity index (χ0n) is 9.90. The first-order chi connectivity index (χ1) is 7.83. The van der Waals surface area contributed by atoms with Crippen LogP contribution >= 0.6 is 0 Å². The van der Waals surface area contributed by atoms with Crippen LogP contribution in [0.1, 0.15) is 30.9 Å². The van der Waals surface area contributed by atoms with Crippen LogP contribution in [0.25, 0.3) is 5.57 Å². The molecule has 0 N–H and O–H groups in total. The van der Waals surface area contributed by atoms with E-state index in [1.54, 1.807) is 6.07 Å².